The van der Waals surface area contributed by atoms with E-state index in [9.17, 15) is 18.4 Å². The average Bonchev–Trinajstić information content (AvgIpc) is 3.01. The molecular weight excluding hydrogens is 534 g/mol. The second kappa shape index (κ2) is 19.3. The van der Waals surface area contributed by atoms with Gasteiger partial charge in [-0.15, -0.1) is 0 Å². The lowest BCUT2D eigenvalue weighted by Gasteiger charge is -2.30. The minimum absolute atomic E-state index is 0.172. The molecule has 2 saturated carbocycles. The number of carbonyl (C=O) groups excluding carboxylic acids is 2. The first-order valence-corrected chi connectivity index (χ1v) is 17.2. The molecule has 0 saturated heterocycles. The van der Waals surface area contributed by atoms with Crippen LogP contribution in [-0.4, -0.2) is 36.5 Å². The standard InChI is InChI=1S/C36H56F2O4/c1-3-5-7-9-11-13-33(37)35(39)41-31-23-19-29(20-24-31)27-15-17-28(18-16-27)30-21-25-32(26-22-30)42-36(40)34(38)14-12-10-8-6-4-2/h15-18,29-34H,3-14,19-26H2,1-2H3/t29?,30?,31?,32?,33-,34-/m1/s1. The van der Waals surface area contributed by atoms with Crippen molar-refractivity contribution in [2.75, 3.05) is 0 Å². The number of rotatable bonds is 18. The maximum atomic E-state index is 14.3. The first-order valence-electron chi connectivity index (χ1n) is 17.2. The van der Waals surface area contributed by atoms with E-state index in [1.54, 1.807) is 0 Å². The molecule has 2 aliphatic carbocycles. The van der Waals surface area contributed by atoms with Crippen LogP contribution >= 0.6 is 0 Å². The monoisotopic (exact) mass is 590 g/mol. The molecule has 4 nitrogen and oxygen atoms in total. The molecule has 42 heavy (non-hydrogen) atoms. The number of unbranched alkanes of at least 4 members (excludes halogenated alkanes) is 8. The van der Waals surface area contributed by atoms with Crippen LogP contribution in [-0.2, 0) is 19.1 Å². The van der Waals surface area contributed by atoms with Crippen molar-refractivity contribution >= 4 is 11.9 Å². The largest absolute Gasteiger partial charge is 0.460 e. The van der Waals surface area contributed by atoms with Crippen LogP contribution in [0.5, 0.6) is 0 Å². The van der Waals surface area contributed by atoms with Crippen LogP contribution in [0, 0.1) is 0 Å². The molecule has 1 aromatic rings. The van der Waals surface area contributed by atoms with Crippen molar-refractivity contribution in [1.82, 2.24) is 0 Å². The Kier molecular flexibility index (Phi) is 15.9. The maximum absolute atomic E-state index is 14.3. The van der Waals surface area contributed by atoms with Crippen molar-refractivity contribution in [2.45, 2.75) is 179 Å². The third kappa shape index (κ3) is 12.0. The van der Waals surface area contributed by atoms with Crippen molar-refractivity contribution in [1.29, 1.82) is 0 Å². The minimum atomic E-state index is -1.50. The Morgan fingerprint density at radius 1 is 0.595 bits per heavy atom. The van der Waals surface area contributed by atoms with E-state index in [2.05, 4.69) is 38.1 Å². The molecule has 0 amide bonds. The van der Waals surface area contributed by atoms with Crippen molar-refractivity contribution in [2.24, 2.45) is 0 Å². The second-order valence-electron chi connectivity index (χ2n) is 12.8. The van der Waals surface area contributed by atoms with Crippen molar-refractivity contribution in [3.63, 3.8) is 0 Å². The normalized spacial score (nSPS) is 24.1. The summed E-state index contributed by atoms with van der Waals surface area (Å²) in [6.07, 6.45) is 14.4. The van der Waals surface area contributed by atoms with Gasteiger partial charge >= 0.3 is 11.9 Å². The van der Waals surface area contributed by atoms with Crippen LogP contribution in [0.2, 0.25) is 0 Å². The van der Waals surface area contributed by atoms with Gasteiger partial charge in [-0.1, -0.05) is 89.5 Å². The van der Waals surface area contributed by atoms with E-state index in [1.165, 1.54) is 11.1 Å². The minimum Gasteiger partial charge on any atom is -0.460 e. The summed E-state index contributed by atoms with van der Waals surface area (Å²) in [6, 6.07) is 8.90. The van der Waals surface area contributed by atoms with Gasteiger partial charge in [-0.05, 0) is 100 Å². The van der Waals surface area contributed by atoms with Gasteiger partial charge in [0.05, 0.1) is 0 Å². The Labute approximate surface area is 253 Å². The molecule has 2 aliphatic rings. The van der Waals surface area contributed by atoms with Crippen molar-refractivity contribution in [3.8, 4) is 0 Å². The zero-order valence-electron chi connectivity index (χ0n) is 26.3. The highest BCUT2D eigenvalue weighted by molar-refractivity contribution is 5.75. The molecule has 2 atom stereocenters. The summed E-state index contributed by atoms with van der Waals surface area (Å²) in [4.78, 5) is 24.4. The molecule has 0 spiro atoms. The Morgan fingerprint density at radius 3 is 1.26 bits per heavy atom. The van der Waals surface area contributed by atoms with E-state index in [4.69, 9.17) is 9.47 Å². The van der Waals surface area contributed by atoms with Gasteiger partial charge in [-0.25, -0.2) is 18.4 Å². The molecular formula is C36H56F2O4. The summed E-state index contributed by atoms with van der Waals surface area (Å²) in [5.41, 5.74) is 2.62. The molecule has 3 rings (SSSR count). The Balaban J connectivity index is 1.32. The Morgan fingerprint density at radius 2 is 0.929 bits per heavy atom. The summed E-state index contributed by atoms with van der Waals surface area (Å²) >= 11 is 0. The molecule has 0 aliphatic heterocycles. The molecule has 238 valence electrons. The van der Waals surface area contributed by atoms with Gasteiger partial charge in [0.2, 0.25) is 0 Å². The topological polar surface area (TPSA) is 52.6 Å². The fraction of sp³-hybridized carbons (Fsp3) is 0.778. The van der Waals surface area contributed by atoms with E-state index in [0.717, 1.165) is 116 Å². The van der Waals surface area contributed by atoms with Gasteiger partial charge < -0.3 is 9.47 Å². The molecule has 0 radical (unpaired) electrons. The number of ether oxygens (including phenoxy) is 2. The highest BCUT2D eigenvalue weighted by atomic mass is 19.1. The molecule has 0 N–H and O–H groups in total. The Bertz CT molecular complexity index is 815. The highest BCUT2D eigenvalue weighted by Crippen LogP contribution is 2.38. The van der Waals surface area contributed by atoms with Crippen molar-refractivity contribution < 1.29 is 27.8 Å². The van der Waals surface area contributed by atoms with Gasteiger partial charge in [0.1, 0.15) is 12.2 Å². The van der Waals surface area contributed by atoms with Gasteiger partial charge in [-0.3, -0.25) is 0 Å². The number of esters is 2. The second-order valence-corrected chi connectivity index (χ2v) is 12.8. The van der Waals surface area contributed by atoms with Crippen molar-refractivity contribution in [3.05, 3.63) is 35.4 Å². The predicted octanol–water partition coefficient (Wildman–Crippen LogP) is 10.2. The number of hydrogen-bond donors (Lipinski definition) is 0. The lowest BCUT2D eigenvalue weighted by atomic mass is 9.80. The van der Waals surface area contributed by atoms with Crippen LogP contribution in [0.3, 0.4) is 0 Å². The van der Waals surface area contributed by atoms with E-state index in [0.29, 0.717) is 11.8 Å². The maximum Gasteiger partial charge on any atom is 0.340 e. The smallest absolute Gasteiger partial charge is 0.340 e. The molecule has 2 fully saturated rings. The summed E-state index contributed by atoms with van der Waals surface area (Å²) in [6.45, 7) is 4.30. The number of hydrogen-bond acceptors (Lipinski definition) is 4. The van der Waals surface area contributed by atoms with E-state index in [-0.39, 0.29) is 25.0 Å². The number of carbonyl (C=O) groups is 2. The van der Waals surface area contributed by atoms with Crippen LogP contribution in [0.4, 0.5) is 8.78 Å². The Hall–Kier alpha value is -1.98. The summed E-state index contributed by atoms with van der Waals surface area (Å²) in [5, 5.41) is 0. The highest BCUT2D eigenvalue weighted by Gasteiger charge is 2.30. The van der Waals surface area contributed by atoms with Gasteiger partial charge in [0.15, 0.2) is 12.3 Å². The molecule has 0 unspecified atom stereocenters. The summed E-state index contributed by atoms with van der Waals surface area (Å²) in [7, 11) is 0. The van der Waals surface area contributed by atoms with E-state index in [1.807, 2.05) is 0 Å². The summed E-state index contributed by atoms with van der Waals surface area (Å²) < 4.78 is 39.6. The predicted molar refractivity (Wildman–Crippen MR) is 165 cm³/mol. The zero-order valence-corrected chi connectivity index (χ0v) is 26.3. The van der Waals surface area contributed by atoms with Gasteiger partial charge in [0, 0.05) is 0 Å². The van der Waals surface area contributed by atoms with E-state index < -0.39 is 24.3 Å². The van der Waals surface area contributed by atoms with Crippen LogP contribution < -0.4 is 0 Å². The van der Waals surface area contributed by atoms with E-state index >= 15 is 0 Å². The quantitative estimate of drug-likeness (QED) is 0.126. The molecule has 0 bridgehead atoms. The van der Waals surface area contributed by atoms with Gasteiger partial charge in [-0.2, -0.15) is 0 Å². The van der Waals surface area contributed by atoms with Gasteiger partial charge in [0.25, 0.3) is 0 Å². The third-order valence-corrected chi connectivity index (χ3v) is 9.43. The zero-order chi connectivity index (χ0) is 30.2. The third-order valence-electron chi connectivity index (χ3n) is 9.43. The molecule has 0 heterocycles. The lowest BCUT2D eigenvalue weighted by Crippen LogP contribution is -2.28. The SMILES string of the molecule is CCCCCCC[C@@H](F)C(=O)OC1CCC(c2ccc(C3CCC(OC(=O)[C@H](F)CCCCCCC)CC3)cc2)CC1. The summed E-state index contributed by atoms with van der Waals surface area (Å²) in [5.74, 6) is -0.483. The number of halogens is 2. The lowest BCUT2D eigenvalue weighted by molar-refractivity contribution is -0.157. The molecule has 6 heteroatoms. The molecule has 0 aromatic heterocycles. The van der Waals surface area contributed by atoms with Crippen LogP contribution in [0.1, 0.15) is 165 Å². The fourth-order valence-electron chi connectivity index (χ4n) is 6.63. The number of alkyl halides is 2. The van der Waals surface area contributed by atoms with Crippen LogP contribution in [0.15, 0.2) is 24.3 Å². The fourth-order valence-corrected chi connectivity index (χ4v) is 6.63. The van der Waals surface area contributed by atoms with Crippen LogP contribution in [0.25, 0.3) is 0 Å². The molecule has 1 aromatic carbocycles. The number of benzene rings is 1. The average molecular weight is 591 g/mol. The first-order chi connectivity index (χ1) is 20.4. The first kappa shape index (κ1) is 34.5.